The van der Waals surface area contributed by atoms with Gasteiger partial charge >= 0.3 is 0 Å². The number of hydrogen-bond donors (Lipinski definition) is 0. The summed E-state index contributed by atoms with van der Waals surface area (Å²) in [5.41, 5.74) is 2.89. The Morgan fingerprint density at radius 3 is 2.86 bits per heavy atom. The SMILES string of the molecule is CCCCc1cc(OCc2ccncc2)n2ncc(Br)c2n1. The van der Waals surface area contributed by atoms with Gasteiger partial charge in [0.05, 0.1) is 10.7 Å². The Morgan fingerprint density at radius 2 is 2.09 bits per heavy atom. The quantitative estimate of drug-likeness (QED) is 0.670. The molecular weight excluding hydrogens is 344 g/mol. The number of ether oxygens (including phenoxy) is 1. The number of aromatic nitrogens is 4. The van der Waals surface area contributed by atoms with Crippen LogP contribution < -0.4 is 4.74 Å². The van der Waals surface area contributed by atoms with E-state index in [9.17, 15) is 0 Å². The van der Waals surface area contributed by atoms with Gasteiger partial charge in [-0.05, 0) is 46.5 Å². The molecule has 0 aromatic carbocycles. The molecule has 3 heterocycles. The predicted molar refractivity (Wildman–Crippen MR) is 87.9 cm³/mol. The maximum Gasteiger partial charge on any atom is 0.218 e. The van der Waals surface area contributed by atoms with Crippen molar-refractivity contribution in [3.05, 3.63) is 52.5 Å². The van der Waals surface area contributed by atoms with Crippen molar-refractivity contribution < 1.29 is 4.74 Å². The number of rotatable bonds is 6. The molecule has 0 N–H and O–H groups in total. The first-order chi connectivity index (χ1) is 10.8. The van der Waals surface area contributed by atoms with E-state index in [1.165, 1.54) is 0 Å². The topological polar surface area (TPSA) is 52.3 Å². The number of nitrogens with zero attached hydrogens (tertiary/aromatic N) is 4. The van der Waals surface area contributed by atoms with Crippen LogP contribution in [0.25, 0.3) is 5.65 Å². The monoisotopic (exact) mass is 360 g/mol. The Balaban J connectivity index is 1.89. The molecule has 0 saturated heterocycles. The molecule has 3 aromatic heterocycles. The van der Waals surface area contributed by atoms with Gasteiger partial charge in [-0.1, -0.05) is 13.3 Å². The molecule has 3 aromatic rings. The first-order valence-corrected chi connectivity index (χ1v) is 8.12. The molecule has 0 amide bonds. The minimum atomic E-state index is 0.479. The van der Waals surface area contributed by atoms with E-state index < -0.39 is 0 Å². The zero-order valence-electron chi connectivity index (χ0n) is 12.4. The van der Waals surface area contributed by atoms with Crippen molar-refractivity contribution in [2.45, 2.75) is 32.8 Å². The highest BCUT2D eigenvalue weighted by molar-refractivity contribution is 9.10. The van der Waals surface area contributed by atoms with E-state index in [1.54, 1.807) is 23.1 Å². The molecule has 0 spiro atoms. The van der Waals surface area contributed by atoms with E-state index in [0.717, 1.165) is 40.6 Å². The molecule has 5 nitrogen and oxygen atoms in total. The number of aryl methyl sites for hydroxylation is 1. The van der Waals surface area contributed by atoms with Gasteiger partial charge in [-0.3, -0.25) is 4.98 Å². The van der Waals surface area contributed by atoms with Gasteiger partial charge in [0, 0.05) is 24.2 Å². The molecule has 0 aliphatic carbocycles. The van der Waals surface area contributed by atoms with Crippen molar-refractivity contribution in [3.8, 4) is 5.88 Å². The fraction of sp³-hybridized carbons (Fsp3) is 0.312. The number of hydrogen-bond acceptors (Lipinski definition) is 4. The Hall–Kier alpha value is -1.95. The van der Waals surface area contributed by atoms with Crippen LogP contribution in [0.4, 0.5) is 0 Å². The van der Waals surface area contributed by atoms with Gasteiger partial charge in [0.1, 0.15) is 6.61 Å². The lowest BCUT2D eigenvalue weighted by atomic mass is 10.2. The predicted octanol–water partition coefficient (Wildman–Crippen LogP) is 3.81. The first kappa shape index (κ1) is 15.0. The summed E-state index contributed by atoms with van der Waals surface area (Å²) >= 11 is 3.49. The second-order valence-electron chi connectivity index (χ2n) is 5.06. The van der Waals surface area contributed by atoms with E-state index in [1.807, 2.05) is 18.2 Å². The van der Waals surface area contributed by atoms with Gasteiger partial charge in [0.2, 0.25) is 5.88 Å². The lowest BCUT2D eigenvalue weighted by Crippen LogP contribution is -2.04. The zero-order chi connectivity index (χ0) is 15.4. The molecule has 114 valence electrons. The molecule has 0 bridgehead atoms. The molecule has 22 heavy (non-hydrogen) atoms. The summed E-state index contributed by atoms with van der Waals surface area (Å²) in [6, 6.07) is 5.86. The summed E-state index contributed by atoms with van der Waals surface area (Å²) in [5, 5.41) is 4.32. The highest BCUT2D eigenvalue weighted by Crippen LogP contribution is 2.23. The number of unbranched alkanes of at least 4 members (excludes halogenated alkanes) is 1. The molecule has 0 saturated carbocycles. The number of halogens is 1. The van der Waals surface area contributed by atoms with Gasteiger partial charge in [0.15, 0.2) is 5.65 Å². The van der Waals surface area contributed by atoms with Crippen molar-refractivity contribution in [2.24, 2.45) is 0 Å². The molecule has 3 rings (SSSR count). The summed E-state index contributed by atoms with van der Waals surface area (Å²) in [5.74, 6) is 0.707. The van der Waals surface area contributed by atoms with E-state index in [-0.39, 0.29) is 0 Å². The van der Waals surface area contributed by atoms with Crippen molar-refractivity contribution in [3.63, 3.8) is 0 Å². The van der Waals surface area contributed by atoms with Crippen LogP contribution in [0.1, 0.15) is 31.0 Å². The minimum Gasteiger partial charge on any atom is -0.473 e. The second-order valence-corrected chi connectivity index (χ2v) is 5.92. The smallest absolute Gasteiger partial charge is 0.218 e. The van der Waals surface area contributed by atoms with Gasteiger partial charge in [-0.15, -0.1) is 0 Å². The fourth-order valence-corrected chi connectivity index (χ4v) is 2.53. The van der Waals surface area contributed by atoms with Crippen LogP contribution in [0.5, 0.6) is 5.88 Å². The highest BCUT2D eigenvalue weighted by atomic mass is 79.9. The van der Waals surface area contributed by atoms with Crippen molar-refractivity contribution in [2.75, 3.05) is 0 Å². The largest absolute Gasteiger partial charge is 0.473 e. The minimum absolute atomic E-state index is 0.479. The van der Waals surface area contributed by atoms with Crippen LogP contribution in [0.3, 0.4) is 0 Å². The van der Waals surface area contributed by atoms with Gasteiger partial charge < -0.3 is 4.74 Å². The van der Waals surface area contributed by atoms with Crippen LogP contribution in [0.2, 0.25) is 0 Å². The Kier molecular flexibility index (Phi) is 4.68. The van der Waals surface area contributed by atoms with Crippen LogP contribution in [0, 0.1) is 0 Å². The average Bonchev–Trinajstić information content (AvgIpc) is 2.93. The number of pyridine rings is 1. The lowest BCUT2D eigenvalue weighted by Gasteiger charge is -2.10. The Morgan fingerprint density at radius 1 is 1.27 bits per heavy atom. The van der Waals surface area contributed by atoms with E-state index in [0.29, 0.717) is 12.5 Å². The summed E-state index contributed by atoms with van der Waals surface area (Å²) in [6.07, 6.45) is 8.46. The van der Waals surface area contributed by atoms with E-state index in [2.05, 4.69) is 37.9 Å². The van der Waals surface area contributed by atoms with Gasteiger partial charge in [0.25, 0.3) is 0 Å². The summed E-state index contributed by atoms with van der Waals surface area (Å²) in [7, 11) is 0. The van der Waals surface area contributed by atoms with Crippen LogP contribution in [-0.2, 0) is 13.0 Å². The molecular formula is C16H17BrN4O. The Bertz CT molecular complexity index is 757. The van der Waals surface area contributed by atoms with E-state index >= 15 is 0 Å². The van der Waals surface area contributed by atoms with Crippen LogP contribution >= 0.6 is 15.9 Å². The summed E-state index contributed by atoms with van der Waals surface area (Å²) in [6.45, 7) is 2.65. The third kappa shape index (κ3) is 3.27. The van der Waals surface area contributed by atoms with Crippen molar-refractivity contribution in [1.82, 2.24) is 19.6 Å². The zero-order valence-corrected chi connectivity index (χ0v) is 14.0. The first-order valence-electron chi connectivity index (χ1n) is 7.33. The maximum absolute atomic E-state index is 5.95. The Labute approximate surface area is 137 Å². The van der Waals surface area contributed by atoms with Gasteiger partial charge in [-0.25, -0.2) is 4.98 Å². The van der Waals surface area contributed by atoms with Crippen molar-refractivity contribution >= 4 is 21.6 Å². The van der Waals surface area contributed by atoms with E-state index in [4.69, 9.17) is 4.74 Å². The standard InChI is InChI=1S/C16H17BrN4O/c1-2-3-4-13-9-15(21-16(20-13)14(17)10-19-21)22-11-12-5-7-18-8-6-12/h5-10H,2-4,11H2,1H3. The van der Waals surface area contributed by atoms with Crippen LogP contribution in [-0.4, -0.2) is 19.6 Å². The summed E-state index contributed by atoms with van der Waals surface area (Å²) in [4.78, 5) is 8.66. The molecule has 0 radical (unpaired) electrons. The van der Waals surface area contributed by atoms with Crippen LogP contribution in [0.15, 0.2) is 41.3 Å². The maximum atomic E-state index is 5.95. The molecule has 0 fully saturated rings. The molecule has 0 unspecified atom stereocenters. The fourth-order valence-electron chi connectivity index (χ4n) is 2.18. The van der Waals surface area contributed by atoms with Crippen molar-refractivity contribution in [1.29, 1.82) is 0 Å². The molecule has 0 atom stereocenters. The second kappa shape index (κ2) is 6.87. The highest BCUT2D eigenvalue weighted by Gasteiger charge is 2.11. The molecule has 6 heteroatoms. The number of fused-ring (bicyclic) bond motifs is 1. The van der Waals surface area contributed by atoms with Gasteiger partial charge in [-0.2, -0.15) is 9.61 Å². The summed E-state index contributed by atoms with van der Waals surface area (Å²) < 4.78 is 8.55. The molecule has 0 aliphatic rings. The average molecular weight is 361 g/mol. The normalized spacial score (nSPS) is 11.0. The third-order valence-corrected chi connectivity index (χ3v) is 3.93. The lowest BCUT2D eigenvalue weighted by molar-refractivity contribution is 0.285. The molecule has 0 aliphatic heterocycles. The third-order valence-electron chi connectivity index (χ3n) is 3.37.